The second-order valence-corrected chi connectivity index (χ2v) is 5.58. The van der Waals surface area contributed by atoms with Gasteiger partial charge in [0.2, 0.25) is 0 Å². The quantitative estimate of drug-likeness (QED) is 0.746. The zero-order chi connectivity index (χ0) is 13.9. The predicted octanol–water partition coefficient (Wildman–Crippen LogP) is 3.90. The highest BCUT2D eigenvalue weighted by Crippen LogP contribution is 2.23. The number of nitrogens with zero attached hydrogens (tertiary/aromatic N) is 2. The second kappa shape index (κ2) is 5.80. The van der Waals surface area contributed by atoms with E-state index in [1.54, 1.807) is 0 Å². The molecule has 0 N–H and O–H groups in total. The Kier molecular flexibility index (Phi) is 3.88. The molecule has 0 atom stereocenters. The van der Waals surface area contributed by atoms with Crippen LogP contribution in [0, 0.1) is 0 Å². The second-order valence-electron chi connectivity index (χ2n) is 5.23. The lowest BCUT2D eigenvalue weighted by molar-refractivity contribution is 0.0756. The fraction of sp³-hybridized carbons (Fsp3) is 0.375. The minimum absolute atomic E-state index is 0.000414. The number of carbonyl (C=O) groups is 1. The van der Waals surface area contributed by atoms with Gasteiger partial charge in [-0.3, -0.25) is 4.79 Å². The summed E-state index contributed by atoms with van der Waals surface area (Å²) in [6.45, 7) is 1.65. The van der Waals surface area contributed by atoms with Crippen molar-refractivity contribution in [1.29, 1.82) is 0 Å². The first-order valence-electron chi connectivity index (χ1n) is 7.10. The van der Waals surface area contributed by atoms with Gasteiger partial charge in [-0.1, -0.05) is 48.7 Å². The summed E-state index contributed by atoms with van der Waals surface area (Å²) in [4.78, 5) is 18.7. The van der Waals surface area contributed by atoms with Crippen LogP contribution in [0.5, 0.6) is 0 Å². The van der Waals surface area contributed by atoms with Crippen LogP contribution >= 0.6 is 11.6 Å². The van der Waals surface area contributed by atoms with Gasteiger partial charge < -0.3 is 4.90 Å². The van der Waals surface area contributed by atoms with Gasteiger partial charge in [-0.2, -0.15) is 0 Å². The molecular weight excluding hydrogens is 272 g/mol. The van der Waals surface area contributed by atoms with Crippen LogP contribution in [0.15, 0.2) is 30.3 Å². The van der Waals surface area contributed by atoms with Gasteiger partial charge in [0.05, 0.1) is 0 Å². The van der Waals surface area contributed by atoms with Crippen LogP contribution in [-0.2, 0) is 0 Å². The van der Waals surface area contributed by atoms with Crippen LogP contribution in [0.1, 0.15) is 36.2 Å². The number of pyridine rings is 1. The lowest BCUT2D eigenvalue weighted by Crippen LogP contribution is -2.32. The Balaban J connectivity index is 1.94. The van der Waals surface area contributed by atoms with Crippen molar-refractivity contribution in [3.8, 4) is 0 Å². The van der Waals surface area contributed by atoms with Crippen molar-refractivity contribution in [3.05, 3.63) is 41.2 Å². The number of amides is 1. The molecule has 0 radical (unpaired) electrons. The number of benzene rings is 1. The van der Waals surface area contributed by atoms with Crippen molar-refractivity contribution in [2.75, 3.05) is 13.1 Å². The van der Waals surface area contributed by atoms with E-state index >= 15 is 0 Å². The third kappa shape index (κ3) is 2.63. The Bertz CT molecular complexity index is 633. The number of fused-ring (bicyclic) bond motifs is 1. The fourth-order valence-corrected chi connectivity index (χ4v) is 2.96. The Morgan fingerprint density at radius 1 is 1.10 bits per heavy atom. The van der Waals surface area contributed by atoms with Gasteiger partial charge in [-0.05, 0) is 24.3 Å². The van der Waals surface area contributed by atoms with Crippen molar-refractivity contribution in [2.24, 2.45) is 0 Å². The lowest BCUT2D eigenvalue weighted by atomic mass is 10.1. The minimum Gasteiger partial charge on any atom is -0.337 e. The molecule has 2 aromatic rings. The molecule has 0 unspecified atom stereocenters. The molecule has 3 rings (SSSR count). The summed E-state index contributed by atoms with van der Waals surface area (Å²) in [7, 11) is 0. The summed E-state index contributed by atoms with van der Waals surface area (Å²) in [6.07, 6.45) is 4.56. The van der Waals surface area contributed by atoms with Gasteiger partial charge >= 0.3 is 0 Å². The van der Waals surface area contributed by atoms with Gasteiger partial charge in [0.1, 0.15) is 10.8 Å². The van der Waals surface area contributed by atoms with Crippen LogP contribution in [-0.4, -0.2) is 28.9 Å². The van der Waals surface area contributed by atoms with Gasteiger partial charge in [0, 0.05) is 18.5 Å². The molecule has 1 amide bonds. The van der Waals surface area contributed by atoms with E-state index in [-0.39, 0.29) is 5.91 Å². The molecule has 1 aromatic carbocycles. The maximum Gasteiger partial charge on any atom is 0.272 e. The van der Waals surface area contributed by atoms with Crippen molar-refractivity contribution in [3.63, 3.8) is 0 Å². The standard InChI is InChI=1S/C16H17ClN2O/c17-15-13-8-4-3-7-12(13)11-14(18-15)16(20)19-9-5-1-2-6-10-19/h3-4,7-8,11H,1-2,5-6,9-10H2. The number of hydrogen-bond acceptors (Lipinski definition) is 2. The summed E-state index contributed by atoms with van der Waals surface area (Å²) in [5.74, 6) is -0.000414. The molecule has 1 aliphatic heterocycles. The van der Waals surface area contributed by atoms with Crippen LogP contribution in [0.3, 0.4) is 0 Å². The van der Waals surface area contributed by atoms with Gasteiger partial charge in [0.15, 0.2) is 0 Å². The minimum atomic E-state index is -0.000414. The van der Waals surface area contributed by atoms with Crippen LogP contribution in [0.2, 0.25) is 5.15 Å². The maximum atomic E-state index is 12.6. The number of rotatable bonds is 1. The van der Waals surface area contributed by atoms with Gasteiger partial charge in [-0.15, -0.1) is 0 Å². The number of aromatic nitrogens is 1. The first kappa shape index (κ1) is 13.4. The van der Waals surface area contributed by atoms with E-state index in [0.717, 1.165) is 36.7 Å². The predicted molar refractivity (Wildman–Crippen MR) is 81.1 cm³/mol. The molecule has 0 spiro atoms. The summed E-state index contributed by atoms with van der Waals surface area (Å²) < 4.78 is 0. The average Bonchev–Trinajstić information content (AvgIpc) is 2.75. The zero-order valence-electron chi connectivity index (χ0n) is 11.3. The Hall–Kier alpha value is -1.61. The molecule has 0 bridgehead atoms. The molecule has 0 saturated carbocycles. The number of hydrogen-bond donors (Lipinski definition) is 0. The molecule has 1 saturated heterocycles. The lowest BCUT2D eigenvalue weighted by Gasteiger charge is -2.20. The summed E-state index contributed by atoms with van der Waals surface area (Å²) in [5, 5.41) is 2.26. The Morgan fingerprint density at radius 2 is 1.80 bits per heavy atom. The summed E-state index contributed by atoms with van der Waals surface area (Å²) in [5.41, 5.74) is 0.454. The molecule has 1 fully saturated rings. The highest BCUT2D eigenvalue weighted by Gasteiger charge is 2.19. The van der Waals surface area contributed by atoms with Crippen LogP contribution < -0.4 is 0 Å². The number of likely N-dealkylation sites (tertiary alicyclic amines) is 1. The topological polar surface area (TPSA) is 33.2 Å². The average molecular weight is 289 g/mol. The van der Waals surface area contributed by atoms with E-state index in [9.17, 15) is 4.79 Å². The Morgan fingerprint density at radius 3 is 2.55 bits per heavy atom. The molecule has 4 heteroatoms. The monoisotopic (exact) mass is 288 g/mol. The van der Waals surface area contributed by atoms with E-state index in [1.807, 2.05) is 35.2 Å². The van der Waals surface area contributed by atoms with Crippen molar-refractivity contribution < 1.29 is 4.79 Å². The van der Waals surface area contributed by atoms with Gasteiger partial charge in [-0.25, -0.2) is 4.98 Å². The maximum absolute atomic E-state index is 12.6. The molecule has 0 aliphatic carbocycles. The summed E-state index contributed by atoms with van der Waals surface area (Å²) in [6, 6.07) is 9.59. The molecule has 1 aliphatic rings. The first-order chi connectivity index (χ1) is 9.75. The van der Waals surface area contributed by atoms with Crippen molar-refractivity contribution >= 4 is 28.3 Å². The van der Waals surface area contributed by atoms with Gasteiger partial charge in [0.25, 0.3) is 5.91 Å². The smallest absolute Gasteiger partial charge is 0.272 e. The summed E-state index contributed by atoms with van der Waals surface area (Å²) >= 11 is 6.20. The molecule has 20 heavy (non-hydrogen) atoms. The normalized spacial score (nSPS) is 16.1. The number of halogens is 1. The largest absolute Gasteiger partial charge is 0.337 e. The van der Waals surface area contributed by atoms with E-state index in [4.69, 9.17) is 11.6 Å². The first-order valence-corrected chi connectivity index (χ1v) is 7.48. The third-order valence-corrected chi connectivity index (χ3v) is 4.09. The highest BCUT2D eigenvalue weighted by atomic mass is 35.5. The van der Waals surface area contributed by atoms with E-state index in [1.165, 1.54) is 12.8 Å². The third-order valence-electron chi connectivity index (χ3n) is 3.81. The fourth-order valence-electron chi connectivity index (χ4n) is 2.70. The van der Waals surface area contributed by atoms with Crippen molar-refractivity contribution in [1.82, 2.24) is 9.88 Å². The molecule has 2 heterocycles. The number of carbonyl (C=O) groups excluding carboxylic acids is 1. The zero-order valence-corrected chi connectivity index (χ0v) is 12.1. The highest BCUT2D eigenvalue weighted by molar-refractivity contribution is 6.34. The Labute approximate surface area is 123 Å². The van der Waals surface area contributed by atoms with Crippen LogP contribution in [0.4, 0.5) is 0 Å². The van der Waals surface area contributed by atoms with Crippen molar-refractivity contribution in [2.45, 2.75) is 25.7 Å². The van der Waals surface area contributed by atoms with Crippen LogP contribution in [0.25, 0.3) is 10.8 Å². The molecular formula is C16H17ClN2O. The SMILES string of the molecule is O=C(c1cc2ccccc2c(Cl)n1)N1CCCCCC1. The van der Waals surface area contributed by atoms with E-state index in [2.05, 4.69) is 4.98 Å². The molecule has 104 valence electrons. The molecule has 1 aromatic heterocycles. The van der Waals surface area contributed by atoms with E-state index in [0.29, 0.717) is 10.8 Å². The van der Waals surface area contributed by atoms with E-state index < -0.39 is 0 Å². The molecule has 3 nitrogen and oxygen atoms in total.